The lowest BCUT2D eigenvalue weighted by molar-refractivity contribution is -0.130. The smallest absolute Gasteiger partial charge is 0.244 e. The van der Waals surface area contributed by atoms with E-state index in [1.807, 2.05) is 11.8 Å². The molecule has 106 valence electrons. The Balaban J connectivity index is 1.73. The third kappa shape index (κ3) is 2.63. The first-order chi connectivity index (χ1) is 9.63. The van der Waals surface area contributed by atoms with Gasteiger partial charge in [-0.2, -0.15) is 0 Å². The molecule has 20 heavy (non-hydrogen) atoms. The van der Waals surface area contributed by atoms with Gasteiger partial charge in [0.2, 0.25) is 5.91 Å². The van der Waals surface area contributed by atoms with Crippen LogP contribution in [0.2, 0.25) is 0 Å². The molecule has 5 heteroatoms. The summed E-state index contributed by atoms with van der Waals surface area (Å²) >= 11 is 1.60. The lowest BCUT2D eigenvalue weighted by atomic mass is 10.2. The number of aromatic nitrogens is 1. The Bertz CT molecular complexity index is 631. The summed E-state index contributed by atoms with van der Waals surface area (Å²) in [4.78, 5) is 18.8. The van der Waals surface area contributed by atoms with Gasteiger partial charge in [0.05, 0.1) is 10.2 Å². The highest BCUT2D eigenvalue weighted by Gasteiger charge is 2.23. The zero-order valence-electron chi connectivity index (χ0n) is 11.8. The van der Waals surface area contributed by atoms with Crippen LogP contribution in [0.3, 0.4) is 0 Å². The number of nitrogens with zero attached hydrogens (tertiary/aromatic N) is 2. The number of hydrogen-bond donors (Lipinski definition) is 1. The minimum atomic E-state index is -0.213. The Kier molecular flexibility index (Phi) is 3.61. The van der Waals surface area contributed by atoms with Gasteiger partial charge in [-0.25, -0.2) is 4.98 Å². The van der Waals surface area contributed by atoms with E-state index in [0.717, 1.165) is 41.3 Å². The molecular weight excluding hydrogens is 270 g/mol. The van der Waals surface area contributed by atoms with Gasteiger partial charge in [-0.1, -0.05) is 17.4 Å². The molecule has 2 aromatic rings. The van der Waals surface area contributed by atoms with Crippen molar-refractivity contribution in [1.29, 1.82) is 0 Å². The molecule has 1 unspecified atom stereocenters. The summed E-state index contributed by atoms with van der Waals surface area (Å²) in [6.45, 7) is 5.76. The third-order valence-corrected chi connectivity index (χ3v) is 4.64. The molecule has 1 N–H and O–H groups in total. The third-order valence-electron chi connectivity index (χ3n) is 3.67. The molecule has 0 radical (unpaired) electrons. The quantitative estimate of drug-likeness (QED) is 0.944. The fraction of sp³-hybridized carbons (Fsp3) is 0.467. The number of rotatable bonds is 3. The standard InChI is InChI=1S/C15H19N3OS/c1-10-5-6-13-12(9-10)17-15(20-13)16-11(2)14(19)18-7-3-4-8-18/h5-6,9,11H,3-4,7-8H2,1-2H3,(H,16,17). The average molecular weight is 289 g/mol. The van der Waals surface area contributed by atoms with Crippen molar-refractivity contribution in [2.75, 3.05) is 18.4 Å². The van der Waals surface area contributed by atoms with Crippen LogP contribution in [-0.4, -0.2) is 34.9 Å². The van der Waals surface area contributed by atoms with Gasteiger partial charge in [-0.15, -0.1) is 0 Å². The molecule has 0 spiro atoms. The van der Waals surface area contributed by atoms with Crippen LogP contribution >= 0.6 is 11.3 Å². The van der Waals surface area contributed by atoms with E-state index in [9.17, 15) is 4.79 Å². The fourth-order valence-electron chi connectivity index (χ4n) is 2.56. The van der Waals surface area contributed by atoms with Gasteiger partial charge in [0, 0.05) is 13.1 Å². The first-order valence-corrected chi connectivity index (χ1v) is 7.87. The maximum Gasteiger partial charge on any atom is 0.244 e. The molecular formula is C15H19N3OS. The summed E-state index contributed by atoms with van der Waals surface area (Å²) < 4.78 is 1.15. The Morgan fingerprint density at radius 3 is 2.90 bits per heavy atom. The monoisotopic (exact) mass is 289 g/mol. The van der Waals surface area contributed by atoms with Gasteiger partial charge in [0.15, 0.2) is 5.13 Å². The average Bonchev–Trinajstić information content (AvgIpc) is 3.05. The Morgan fingerprint density at radius 1 is 1.40 bits per heavy atom. The zero-order chi connectivity index (χ0) is 14.1. The summed E-state index contributed by atoms with van der Waals surface area (Å²) in [5.41, 5.74) is 2.20. The van der Waals surface area contributed by atoms with Crippen LogP contribution < -0.4 is 5.32 Å². The summed E-state index contributed by atoms with van der Waals surface area (Å²) in [6.07, 6.45) is 2.25. The van der Waals surface area contributed by atoms with E-state index < -0.39 is 0 Å². The molecule has 3 rings (SSSR count). The molecule has 0 bridgehead atoms. The molecule has 0 aliphatic carbocycles. The molecule has 1 aliphatic rings. The van der Waals surface area contributed by atoms with Crippen LogP contribution in [0.15, 0.2) is 18.2 Å². The second-order valence-electron chi connectivity index (χ2n) is 5.39. The van der Waals surface area contributed by atoms with Crippen LogP contribution in [0.4, 0.5) is 5.13 Å². The maximum atomic E-state index is 12.3. The molecule has 2 heterocycles. The second-order valence-corrected chi connectivity index (χ2v) is 6.42. The van der Waals surface area contributed by atoms with E-state index in [1.165, 1.54) is 5.56 Å². The van der Waals surface area contributed by atoms with Gasteiger partial charge in [0.1, 0.15) is 6.04 Å². The Hall–Kier alpha value is -1.62. The van der Waals surface area contributed by atoms with Crippen molar-refractivity contribution in [2.45, 2.75) is 32.7 Å². The molecule has 1 aliphatic heterocycles. The highest BCUT2D eigenvalue weighted by molar-refractivity contribution is 7.22. The van der Waals surface area contributed by atoms with Crippen LogP contribution in [-0.2, 0) is 4.79 Å². The van der Waals surface area contributed by atoms with E-state index in [-0.39, 0.29) is 11.9 Å². The van der Waals surface area contributed by atoms with Crippen LogP contribution in [0.1, 0.15) is 25.3 Å². The normalized spacial score (nSPS) is 16.6. The van der Waals surface area contributed by atoms with Crippen LogP contribution in [0.5, 0.6) is 0 Å². The molecule has 4 nitrogen and oxygen atoms in total. The largest absolute Gasteiger partial charge is 0.350 e. The maximum absolute atomic E-state index is 12.3. The van der Waals surface area contributed by atoms with Crippen LogP contribution in [0, 0.1) is 6.92 Å². The first-order valence-electron chi connectivity index (χ1n) is 7.06. The molecule has 1 fully saturated rings. The van der Waals surface area contributed by atoms with Crippen molar-refractivity contribution >= 4 is 32.6 Å². The van der Waals surface area contributed by atoms with Crippen LogP contribution in [0.25, 0.3) is 10.2 Å². The number of carbonyl (C=O) groups is 1. The van der Waals surface area contributed by atoms with E-state index in [0.29, 0.717) is 0 Å². The fourth-order valence-corrected chi connectivity index (χ4v) is 3.49. The number of anilines is 1. The number of carbonyl (C=O) groups excluding carboxylic acids is 1. The van der Waals surface area contributed by atoms with Crippen molar-refractivity contribution in [3.8, 4) is 0 Å². The number of benzene rings is 1. The highest BCUT2D eigenvalue weighted by atomic mass is 32.1. The molecule has 1 atom stereocenters. The molecule has 1 aromatic carbocycles. The van der Waals surface area contributed by atoms with Crippen molar-refractivity contribution in [3.05, 3.63) is 23.8 Å². The predicted octanol–water partition coefficient (Wildman–Crippen LogP) is 3.03. The van der Waals surface area contributed by atoms with Gasteiger partial charge >= 0.3 is 0 Å². The lowest BCUT2D eigenvalue weighted by Crippen LogP contribution is -2.39. The minimum Gasteiger partial charge on any atom is -0.350 e. The van der Waals surface area contributed by atoms with Crippen molar-refractivity contribution in [3.63, 3.8) is 0 Å². The van der Waals surface area contributed by atoms with Gasteiger partial charge < -0.3 is 10.2 Å². The number of nitrogens with one attached hydrogen (secondary N) is 1. The number of hydrogen-bond acceptors (Lipinski definition) is 4. The molecule has 0 saturated carbocycles. The van der Waals surface area contributed by atoms with E-state index >= 15 is 0 Å². The SMILES string of the molecule is Cc1ccc2sc(NC(C)C(=O)N3CCCC3)nc2c1. The Morgan fingerprint density at radius 2 is 2.15 bits per heavy atom. The lowest BCUT2D eigenvalue weighted by Gasteiger charge is -2.20. The van der Waals surface area contributed by atoms with E-state index in [2.05, 4.69) is 35.4 Å². The number of aryl methyl sites for hydroxylation is 1. The summed E-state index contributed by atoms with van der Waals surface area (Å²) in [5.74, 6) is 0.179. The van der Waals surface area contributed by atoms with Gasteiger partial charge in [0.25, 0.3) is 0 Å². The molecule has 1 aromatic heterocycles. The number of fused-ring (bicyclic) bond motifs is 1. The Labute approximate surface area is 122 Å². The second kappa shape index (κ2) is 5.40. The summed E-state index contributed by atoms with van der Waals surface area (Å²) in [5, 5.41) is 4.07. The topological polar surface area (TPSA) is 45.2 Å². The predicted molar refractivity (Wildman–Crippen MR) is 83.3 cm³/mol. The molecule has 1 saturated heterocycles. The van der Waals surface area contributed by atoms with E-state index in [4.69, 9.17) is 0 Å². The van der Waals surface area contributed by atoms with E-state index in [1.54, 1.807) is 11.3 Å². The van der Waals surface area contributed by atoms with Crippen molar-refractivity contribution in [1.82, 2.24) is 9.88 Å². The summed E-state index contributed by atoms with van der Waals surface area (Å²) in [6, 6.07) is 6.03. The minimum absolute atomic E-state index is 0.179. The van der Waals surface area contributed by atoms with Gasteiger partial charge in [-0.05, 0) is 44.4 Å². The van der Waals surface area contributed by atoms with Crippen molar-refractivity contribution < 1.29 is 4.79 Å². The summed E-state index contributed by atoms with van der Waals surface area (Å²) in [7, 11) is 0. The molecule has 1 amide bonds. The van der Waals surface area contributed by atoms with Crippen molar-refractivity contribution in [2.24, 2.45) is 0 Å². The number of likely N-dealkylation sites (tertiary alicyclic amines) is 1. The highest BCUT2D eigenvalue weighted by Crippen LogP contribution is 2.27. The zero-order valence-corrected chi connectivity index (χ0v) is 12.7. The number of thiazole rings is 1. The first kappa shape index (κ1) is 13.4. The number of amides is 1. The van der Waals surface area contributed by atoms with Gasteiger partial charge in [-0.3, -0.25) is 4.79 Å².